The van der Waals surface area contributed by atoms with Gasteiger partial charge in [-0.1, -0.05) is 60.3 Å². The van der Waals surface area contributed by atoms with E-state index in [2.05, 4.69) is 11.8 Å². The molecule has 1 aliphatic rings. The zero-order valence-electron chi connectivity index (χ0n) is 14.5. The van der Waals surface area contributed by atoms with Crippen molar-refractivity contribution >= 4 is 5.91 Å². The summed E-state index contributed by atoms with van der Waals surface area (Å²) in [5.41, 5.74) is 0. The second-order valence-electron chi connectivity index (χ2n) is 5.74. The van der Waals surface area contributed by atoms with Crippen LogP contribution in [0.15, 0.2) is 0 Å². The number of hydrogen-bond donors (Lipinski definition) is 0. The number of rotatable bonds is 7. The van der Waals surface area contributed by atoms with Crippen LogP contribution in [0.3, 0.4) is 0 Å². The van der Waals surface area contributed by atoms with Gasteiger partial charge in [-0.05, 0) is 13.0 Å². The fourth-order valence-electron chi connectivity index (χ4n) is 2.50. The van der Waals surface area contributed by atoms with Crippen LogP contribution in [0.1, 0.15) is 66.7 Å². The predicted octanol–water partition coefficient (Wildman–Crippen LogP) is 3.78. The van der Waals surface area contributed by atoms with Gasteiger partial charge in [0, 0.05) is 32.1 Å². The quantitative estimate of drug-likeness (QED) is 0.664. The lowest BCUT2D eigenvalue weighted by atomic mass is 10.1. The van der Waals surface area contributed by atoms with Gasteiger partial charge in [-0.25, -0.2) is 0 Å². The van der Waals surface area contributed by atoms with Crippen LogP contribution in [0.25, 0.3) is 0 Å². The molecule has 3 heteroatoms. The molecule has 20 heavy (non-hydrogen) atoms. The molecule has 0 aliphatic carbocycles. The lowest BCUT2D eigenvalue weighted by molar-refractivity contribution is -0.136. The maximum absolute atomic E-state index is 11.8. The molecule has 1 fully saturated rings. The molecular formula is C17H36N2O. The van der Waals surface area contributed by atoms with Crippen molar-refractivity contribution in [1.82, 2.24) is 9.80 Å². The van der Waals surface area contributed by atoms with E-state index in [0.717, 1.165) is 26.2 Å². The number of carbonyl (C=O) groups excluding carboxylic acids is 1. The van der Waals surface area contributed by atoms with E-state index in [1.807, 2.05) is 32.6 Å². The summed E-state index contributed by atoms with van der Waals surface area (Å²) in [5, 5.41) is 0. The van der Waals surface area contributed by atoms with E-state index in [-0.39, 0.29) is 5.92 Å². The molecule has 0 unspecified atom stereocenters. The van der Waals surface area contributed by atoms with Crippen LogP contribution < -0.4 is 0 Å². The fraction of sp³-hybridized carbons (Fsp3) is 0.941. The Morgan fingerprint density at radius 3 is 2.00 bits per heavy atom. The summed E-state index contributed by atoms with van der Waals surface area (Å²) >= 11 is 0. The Kier molecular flexibility index (Phi) is 11.8. The van der Waals surface area contributed by atoms with E-state index < -0.39 is 0 Å². The largest absolute Gasteiger partial charge is 0.340 e. The predicted molar refractivity (Wildman–Crippen MR) is 88.0 cm³/mol. The maximum Gasteiger partial charge on any atom is 0.225 e. The second kappa shape index (κ2) is 12.2. The van der Waals surface area contributed by atoms with Gasteiger partial charge in [-0.15, -0.1) is 0 Å². The third-order valence-corrected chi connectivity index (χ3v) is 3.76. The molecule has 0 saturated carbocycles. The number of nitrogens with zero attached hydrogens (tertiary/aromatic N) is 2. The molecule has 1 aliphatic heterocycles. The molecule has 0 aromatic heterocycles. The summed E-state index contributed by atoms with van der Waals surface area (Å²) in [7, 11) is 0. The number of piperazine rings is 1. The van der Waals surface area contributed by atoms with Gasteiger partial charge < -0.3 is 4.90 Å². The minimum Gasteiger partial charge on any atom is -0.340 e. The molecule has 0 N–H and O–H groups in total. The van der Waals surface area contributed by atoms with Crippen molar-refractivity contribution < 1.29 is 4.79 Å². The fourth-order valence-corrected chi connectivity index (χ4v) is 2.50. The highest BCUT2D eigenvalue weighted by Gasteiger charge is 2.22. The highest BCUT2D eigenvalue weighted by Crippen LogP contribution is 2.09. The van der Waals surface area contributed by atoms with Crippen LogP contribution in [-0.4, -0.2) is 48.4 Å². The van der Waals surface area contributed by atoms with Gasteiger partial charge in [0.05, 0.1) is 0 Å². The van der Waals surface area contributed by atoms with Crippen molar-refractivity contribution in [3.05, 3.63) is 0 Å². The monoisotopic (exact) mass is 284 g/mol. The molecule has 1 amide bonds. The second-order valence-corrected chi connectivity index (χ2v) is 5.74. The first-order valence-electron chi connectivity index (χ1n) is 8.66. The minimum absolute atomic E-state index is 0.144. The van der Waals surface area contributed by atoms with Gasteiger partial charge in [0.1, 0.15) is 0 Å². The van der Waals surface area contributed by atoms with E-state index >= 15 is 0 Å². The molecule has 0 radical (unpaired) electrons. The van der Waals surface area contributed by atoms with Crippen molar-refractivity contribution in [3.8, 4) is 0 Å². The van der Waals surface area contributed by atoms with Crippen molar-refractivity contribution in [3.63, 3.8) is 0 Å². The highest BCUT2D eigenvalue weighted by atomic mass is 16.2. The summed E-state index contributed by atoms with van der Waals surface area (Å²) in [5.74, 6) is 0.461. The first kappa shape index (κ1) is 19.4. The molecule has 0 bridgehead atoms. The van der Waals surface area contributed by atoms with Crippen LogP contribution in [0.2, 0.25) is 0 Å². The Morgan fingerprint density at radius 1 is 0.950 bits per heavy atom. The van der Waals surface area contributed by atoms with Gasteiger partial charge in [-0.3, -0.25) is 9.69 Å². The maximum atomic E-state index is 11.8. The van der Waals surface area contributed by atoms with E-state index in [4.69, 9.17) is 0 Å². The van der Waals surface area contributed by atoms with E-state index in [9.17, 15) is 4.79 Å². The first-order chi connectivity index (χ1) is 9.65. The normalized spacial score (nSPS) is 16.0. The smallest absolute Gasteiger partial charge is 0.225 e. The molecule has 3 nitrogen and oxygen atoms in total. The Bertz CT molecular complexity index is 233. The van der Waals surface area contributed by atoms with Crippen molar-refractivity contribution in [2.45, 2.75) is 66.7 Å². The average Bonchev–Trinajstić information content (AvgIpc) is 2.49. The number of amides is 1. The van der Waals surface area contributed by atoms with Gasteiger partial charge in [-0.2, -0.15) is 0 Å². The number of unbranched alkanes of at least 4 members (excludes halogenated alkanes) is 4. The van der Waals surface area contributed by atoms with Gasteiger partial charge in [0.15, 0.2) is 0 Å². The zero-order valence-corrected chi connectivity index (χ0v) is 14.5. The van der Waals surface area contributed by atoms with E-state index in [1.165, 1.54) is 38.6 Å². The Hall–Kier alpha value is -0.570. The summed E-state index contributed by atoms with van der Waals surface area (Å²) in [6, 6.07) is 0. The van der Waals surface area contributed by atoms with Crippen LogP contribution in [0.5, 0.6) is 0 Å². The lowest BCUT2D eigenvalue weighted by Crippen LogP contribution is -2.49. The molecule has 0 atom stereocenters. The molecule has 1 saturated heterocycles. The Labute approximate surface area is 126 Å². The summed E-state index contributed by atoms with van der Waals surface area (Å²) < 4.78 is 0. The number of hydrogen-bond acceptors (Lipinski definition) is 2. The molecule has 120 valence electrons. The van der Waals surface area contributed by atoms with Crippen LogP contribution in [0, 0.1) is 5.92 Å². The molecule has 0 aromatic carbocycles. The van der Waals surface area contributed by atoms with Gasteiger partial charge in [0.2, 0.25) is 5.91 Å². The van der Waals surface area contributed by atoms with Gasteiger partial charge >= 0.3 is 0 Å². The van der Waals surface area contributed by atoms with Crippen LogP contribution in [0.4, 0.5) is 0 Å². The molecular weight excluding hydrogens is 248 g/mol. The lowest BCUT2D eigenvalue weighted by Gasteiger charge is -2.35. The first-order valence-corrected chi connectivity index (χ1v) is 8.66. The molecule has 1 heterocycles. The highest BCUT2D eigenvalue weighted by molar-refractivity contribution is 5.78. The third-order valence-electron chi connectivity index (χ3n) is 3.76. The van der Waals surface area contributed by atoms with Crippen molar-refractivity contribution in [2.24, 2.45) is 5.92 Å². The number of carbonyl (C=O) groups is 1. The van der Waals surface area contributed by atoms with E-state index in [0.29, 0.717) is 5.91 Å². The van der Waals surface area contributed by atoms with Crippen molar-refractivity contribution in [2.75, 3.05) is 32.7 Å². The summed E-state index contributed by atoms with van der Waals surface area (Å²) in [6.07, 6.45) is 6.74. The molecule has 0 spiro atoms. The zero-order chi connectivity index (χ0) is 15.4. The topological polar surface area (TPSA) is 23.6 Å². The summed E-state index contributed by atoms with van der Waals surface area (Å²) in [4.78, 5) is 16.4. The molecule has 1 rings (SSSR count). The standard InChI is InChI=1S/C15H30N2O.C2H6/c1-4-5-6-7-8-9-16-10-12-17(13-11-16)15(18)14(2)3;1-2/h14H,4-13H2,1-3H3;1-2H3. The van der Waals surface area contributed by atoms with Crippen LogP contribution in [-0.2, 0) is 4.79 Å². The summed E-state index contributed by atoms with van der Waals surface area (Å²) in [6.45, 7) is 15.4. The third kappa shape index (κ3) is 7.88. The van der Waals surface area contributed by atoms with E-state index in [1.54, 1.807) is 0 Å². The average molecular weight is 284 g/mol. The molecule has 0 aromatic rings. The Morgan fingerprint density at radius 2 is 1.50 bits per heavy atom. The Balaban J connectivity index is 0.00000172. The van der Waals surface area contributed by atoms with Crippen LogP contribution >= 0.6 is 0 Å². The van der Waals surface area contributed by atoms with Gasteiger partial charge in [0.25, 0.3) is 0 Å². The SMILES string of the molecule is CC.CCCCCCCN1CCN(C(=O)C(C)C)CC1. The van der Waals surface area contributed by atoms with Crippen molar-refractivity contribution in [1.29, 1.82) is 0 Å². The minimum atomic E-state index is 0.144.